The summed E-state index contributed by atoms with van der Waals surface area (Å²) < 4.78 is 22.2. The molecular formula is C24H28N8O4. The Morgan fingerprint density at radius 1 is 1.08 bits per heavy atom. The summed E-state index contributed by atoms with van der Waals surface area (Å²) in [5, 5.41) is 15.0. The second kappa shape index (κ2) is 9.99. The van der Waals surface area contributed by atoms with Gasteiger partial charge in [-0.15, -0.1) is 0 Å². The summed E-state index contributed by atoms with van der Waals surface area (Å²) in [5.74, 6) is 2.17. The average molecular weight is 493 g/mol. The molecule has 0 spiro atoms. The summed E-state index contributed by atoms with van der Waals surface area (Å²) in [5.41, 5.74) is 2.98. The molecule has 0 radical (unpaired) electrons. The number of nitrogens with zero attached hydrogens (tertiary/aromatic N) is 5. The third-order valence-electron chi connectivity index (χ3n) is 6.42. The maximum Gasteiger partial charge on any atom is 0.247 e. The van der Waals surface area contributed by atoms with Crippen LogP contribution in [0.2, 0.25) is 0 Å². The van der Waals surface area contributed by atoms with Crippen LogP contribution in [0, 0.1) is 0 Å². The van der Waals surface area contributed by atoms with E-state index in [4.69, 9.17) is 23.6 Å². The number of aromatic amines is 1. The lowest BCUT2D eigenvalue weighted by molar-refractivity contribution is 0.0904. The fourth-order valence-corrected chi connectivity index (χ4v) is 4.54. The van der Waals surface area contributed by atoms with Gasteiger partial charge in [0.2, 0.25) is 11.8 Å². The van der Waals surface area contributed by atoms with Crippen molar-refractivity contribution >= 4 is 34.2 Å². The first-order valence-corrected chi connectivity index (χ1v) is 12.1. The van der Waals surface area contributed by atoms with Crippen molar-refractivity contribution in [3.8, 4) is 17.3 Å². The minimum atomic E-state index is 0.222. The van der Waals surface area contributed by atoms with Crippen LogP contribution < -0.4 is 20.3 Å². The van der Waals surface area contributed by atoms with Gasteiger partial charge in [-0.05, 0) is 25.0 Å². The fraction of sp³-hybridized carbons (Fsp3) is 0.417. The number of morpholine rings is 1. The summed E-state index contributed by atoms with van der Waals surface area (Å²) in [7, 11) is 1.66. The molecule has 0 unspecified atom stereocenters. The van der Waals surface area contributed by atoms with E-state index in [0.29, 0.717) is 48.0 Å². The van der Waals surface area contributed by atoms with Crippen molar-refractivity contribution in [2.75, 3.05) is 62.2 Å². The van der Waals surface area contributed by atoms with Crippen molar-refractivity contribution in [3.05, 3.63) is 30.7 Å². The highest BCUT2D eigenvalue weighted by Crippen LogP contribution is 2.35. The van der Waals surface area contributed by atoms with E-state index in [-0.39, 0.29) is 6.04 Å². The molecule has 0 bridgehead atoms. The predicted octanol–water partition coefficient (Wildman–Crippen LogP) is 3.19. The van der Waals surface area contributed by atoms with Crippen LogP contribution in [0.4, 0.5) is 23.1 Å². The monoisotopic (exact) mass is 492 g/mol. The topological polar surface area (TPSA) is 135 Å². The van der Waals surface area contributed by atoms with Gasteiger partial charge in [-0.3, -0.25) is 5.10 Å². The number of rotatable bonds is 7. The molecular weight excluding hydrogens is 464 g/mol. The van der Waals surface area contributed by atoms with Crippen molar-refractivity contribution in [2.24, 2.45) is 0 Å². The van der Waals surface area contributed by atoms with Crippen LogP contribution in [0.25, 0.3) is 22.6 Å². The molecule has 12 nitrogen and oxygen atoms in total. The van der Waals surface area contributed by atoms with E-state index < -0.39 is 0 Å². The van der Waals surface area contributed by atoms with Crippen LogP contribution in [0.5, 0.6) is 5.75 Å². The fourth-order valence-electron chi connectivity index (χ4n) is 4.54. The second-order valence-corrected chi connectivity index (χ2v) is 8.67. The molecule has 3 N–H and O–H groups in total. The Morgan fingerprint density at radius 3 is 2.69 bits per heavy atom. The zero-order valence-corrected chi connectivity index (χ0v) is 20.0. The molecule has 4 aromatic rings. The SMILES string of the molecule is COc1cc(N2CCOCC2)ccc1Nc1nc(NC2CCOCC2)c2c(-c3ncco3)n[nH]c2n1. The number of oxazole rings is 1. The van der Waals surface area contributed by atoms with Crippen LogP contribution in [-0.2, 0) is 9.47 Å². The molecule has 0 saturated carbocycles. The van der Waals surface area contributed by atoms with Crippen LogP contribution in [0.1, 0.15) is 12.8 Å². The van der Waals surface area contributed by atoms with Crippen LogP contribution in [0.15, 0.2) is 35.1 Å². The first kappa shape index (κ1) is 22.6. The van der Waals surface area contributed by atoms with Gasteiger partial charge < -0.3 is 34.2 Å². The van der Waals surface area contributed by atoms with Gasteiger partial charge in [0, 0.05) is 44.1 Å². The van der Waals surface area contributed by atoms with E-state index in [2.05, 4.69) is 41.8 Å². The van der Waals surface area contributed by atoms with E-state index in [0.717, 1.165) is 55.9 Å². The number of H-pyrrole nitrogens is 1. The number of anilines is 4. The van der Waals surface area contributed by atoms with Crippen molar-refractivity contribution in [1.29, 1.82) is 0 Å². The van der Waals surface area contributed by atoms with E-state index in [9.17, 15) is 0 Å². The Labute approximate surface area is 207 Å². The average Bonchev–Trinajstić information content (AvgIpc) is 3.60. The molecule has 2 fully saturated rings. The molecule has 2 saturated heterocycles. The summed E-state index contributed by atoms with van der Waals surface area (Å²) in [6.45, 7) is 4.56. The Kier molecular flexibility index (Phi) is 6.26. The molecule has 2 aliphatic heterocycles. The summed E-state index contributed by atoms with van der Waals surface area (Å²) in [6.07, 6.45) is 4.88. The highest BCUT2D eigenvalue weighted by atomic mass is 16.5. The minimum Gasteiger partial charge on any atom is -0.494 e. The number of nitrogens with one attached hydrogen (secondary N) is 3. The summed E-state index contributed by atoms with van der Waals surface area (Å²) >= 11 is 0. The molecule has 12 heteroatoms. The van der Waals surface area contributed by atoms with Gasteiger partial charge in [0.1, 0.15) is 17.8 Å². The van der Waals surface area contributed by atoms with Crippen molar-refractivity contribution in [1.82, 2.24) is 25.1 Å². The molecule has 0 atom stereocenters. The van der Waals surface area contributed by atoms with Crippen LogP contribution in [0.3, 0.4) is 0 Å². The van der Waals surface area contributed by atoms with Gasteiger partial charge in [0.05, 0.1) is 37.6 Å². The number of benzene rings is 1. The first-order chi connectivity index (χ1) is 17.8. The second-order valence-electron chi connectivity index (χ2n) is 8.67. The number of aromatic nitrogens is 5. The number of fused-ring (bicyclic) bond motifs is 1. The third-order valence-corrected chi connectivity index (χ3v) is 6.42. The summed E-state index contributed by atoms with van der Waals surface area (Å²) in [4.78, 5) is 16.1. The number of ether oxygens (including phenoxy) is 3. The first-order valence-electron chi connectivity index (χ1n) is 12.1. The van der Waals surface area contributed by atoms with Gasteiger partial charge in [-0.1, -0.05) is 0 Å². The smallest absolute Gasteiger partial charge is 0.247 e. The van der Waals surface area contributed by atoms with Gasteiger partial charge >= 0.3 is 0 Å². The van der Waals surface area contributed by atoms with Gasteiger partial charge in [-0.25, -0.2) is 4.98 Å². The zero-order valence-electron chi connectivity index (χ0n) is 20.0. The normalized spacial score (nSPS) is 16.9. The lowest BCUT2D eigenvalue weighted by Crippen LogP contribution is -2.36. The molecule has 2 aliphatic rings. The molecule has 1 aromatic carbocycles. The number of methoxy groups -OCH3 is 1. The summed E-state index contributed by atoms with van der Waals surface area (Å²) in [6, 6.07) is 6.28. The highest BCUT2D eigenvalue weighted by Gasteiger charge is 2.23. The van der Waals surface area contributed by atoms with Gasteiger partial charge in [0.25, 0.3) is 0 Å². The predicted molar refractivity (Wildman–Crippen MR) is 134 cm³/mol. The third kappa shape index (κ3) is 4.52. The molecule has 0 amide bonds. The molecule has 36 heavy (non-hydrogen) atoms. The van der Waals surface area contributed by atoms with E-state index in [1.807, 2.05) is 12.1 Å². The Bertz CT molecular complexity index is 1310. The van der Waals surface area contributed by atoms with Gasteiger partial charge in [0.15, 0.2) is 11.3 Å². The van der Waals surface area contributed by atoms with Crippen molar-refractivity contribution in [3.63, 3.8) is 0 Å². The number of hydrogen-bond donors (Lipinski definition) is 3. The molecule has 6 rings (SSSR count). The number of hydrogen-bond acceptors (Lipinski definition) is 11. The van der Waals surface area contributed by atoms with Crippen LogP contribution >= 0.6 is 0 Å². The minimum absolute atomic E-state index is 0.222. The Morgan fingerprint density at radius 2 is 1.92 bits per heavy atom. The van der Waals surface area contributed by atoms with Gasteiger partial charge in [-0.2, -0.15) is 15.1 Å². The van der Waals surface area contributed by atoms with E-state index >= 15 is 0 Å². The van der Waals surface area contributed by atoms with Crippen molar-refractivity contribution in [2.45, 2.75) is 18.9 Å². The largest absolute Gasteiger partial charge is 0.494 e. The maximum atomic E-state index is 5.70. The molecule has 3 aromatic heterocycles. The zero-order chi connectivity index (χ0) is 24.3. The highest BCUT2D eigenvalue weighted by molar-refractivity contribution is 5.98. The standard InChI is InChI=1S/C24H28N8O4/c1-33-18-14-16(32-7-12-35-13-8-32)2-3-17(18)27-24-28-21(26-15-4-9-34-10-5-15)19-20(23-25-6-11-36-23)30-31-22(19)29-24/h2-3,6,11,14-15H,4-5,7-10,12-13H2,1H3,(H3,26,27,28,29,30,31). The Hall–Kier alpha value is -3.90. The lowest BCUT2D eigenvalue weighted by atomic mass is 10.1. The van der Waals surface area contributed by atoms with E-state index in [1.54, 1.807) is 13.3 Å². The molecule has 188 valence electrons. The molecule has 5 heterocycles. The quantitative estimate of drug-likeness (QED) is 0.351. The Balaban J connectivity index is 1.34. The van der Waals surface area contributed by atoms with Crippen molar-refractivity contribution < 1.29 is 18.6 Å². The maximum absolute atomic E-state index is 5.70. The van der Waals surface area contributed by atoms with E-state index in [1.165, 1.54) is 6.26 Å². The lowest BCUT2D eigenvalue weighted by Gasteiger charge is -2.29. The van der Waals surface area contributed by atoms with Crippen LogP contribution in [-0.4, -0.2) is 77.8 Å². The molecule has 0 aliphatic carbocycles.